The van der Waals surface area contributed by atoms with Crippen molar-refractivity contribution in [2.75, 3.05) is 0 Å². The first-order valence-corrected chi connectivity index (χ1v) is 8.79. The van der Waals surface area contributed by atoms with Crippen LogP contribution in [0.2, 0.25) is 0 Å². The SMILES string of the molecule is CC(C)(C)[C@@H]1CCc2c(C(=O)N/N=C\c3ccco3)csc2C1. The molecule has 0 fully saturated rings. The summed E-state index contributed by atoms with van der Waals surface area (Å²) in [6, 6.07) is 3.57. The van der Waals surface area contributed by atoms with Gasteiger partial charge < -0.3 is 4.42 Å². The van der Waals surface area contributed by atoms with Gasteiger partial charge in [0, 0.05) is 10.3 Å². The Balaban J connectivity index is 1.68. The smallest absolute Gasteiger partial charge is 0.272 e. The summed E-state index contributed by atoms with van der Waals surface area (Å²) in [6.45, 7) is 6.90. The highest BCUT2D eigenvalue weighted by Gasteiger charge is 2.31. The number of rotatable bonds is 3. The van der Waals surface area contributed by atoms with E-state index in [0.29, 0.717) is 17.1 Å². The highest BCUT2D eigenvalue weighted by molar-refractivity contribution is 7.10. The van der Waals surface area contributed by atoms with Gasteiger partial charge in [0.25, 0.3) is 5.91 Å². The third-order valence-electron chi connectivity index (χ3n) is 4.53. The van der Waals surface area contributed by atoms with Crippen molar-refractivity contribution in [3.8, 4) is 0 Å². The van der Waals surface area contributed by atoms with Crippen LogP contribution in [0.5, 0.6) is 0 Å². The molecule has 0 unspecified atom stereocenters. The third-order valence-corrected chi connectivity index (χ3v) is 5.58. The number of carbonyl (C=O) groups excluding carboxylic acids is 1. The van der Waals surface area contributed by atoms with Crippen molar-refractivity contribution in [3.63, 3.8) is 0 Å². The molecule has 0 radical (unpaired) electrons. The van der Waals surface area contributed by atoms with Crippen LogP contribution in [0.3, 0.4) is 0 Å². The molecule has 1 atom stereocenters. The Bertz CT molecular complexity index is 708. The van der Waals surface area contributed by atoms with Crippen LogP contribution in [0.4, 0.5) is 0 Å². The van der Waals surface area contributed by atoms with E-state index in [1.165, 1.54) is 16.7 Å². The maximum Gasteiger partial charge on any atom is 0.272 e. The van der Waals surface area contributed by atoms with E-state index in [2.05, 4.69) is 31.3 Å². The maximum absolute atomic E-state index is 12.3. The minimum Gasteiger partial charge on any atom is -0.463 e. The molecule has 2 aromatic heterocycles. The molecule has 1 aliphatic rings. The number of nitrogens with zero attached hydrogens (tertiary/aromatic N) is 1. The van der Waals surface area contributed by atoms with Gasteiger partial charge in [-0.1, -0.05) is 20.8 Å². The molecule has 0 aliphatic heterocycles. The minimum atomic E-state index is -0.139. The number of carbonyl (C=O) groups is 1. The van der Waals surface area contributed by atoms with Crippen molar-refractivity contribution in [3.05, 3.63) is 45.5 Å². The summed E-state index contributed by atoms with van der Waals surface area (Å²) in [7, 11) is 0. The van der Waals surface area contributed by atoms with E-state index >= 15 is 0 Å². The summed E-state index contributed by atoms with van der Waals surface area (Å²) in [5, 5.41) is 5.92. The zero-order valence-electron chi connectivity index (χ0n) is 13.8. The van der Waals surface area contributed by atoms with Gasteiger partial charge in [0.2, 0.25) is 0 Å². The van der Waals surface area contributed by atoms with Gasteiger partial charge in [-0.3, -0.25) is 4.79 Å². The second-order valence-electron chi connectivity index (χ2n) is 7.07. The van der Waals surface area contributed by atoms with Crippen molar-refractivity contribution >= 4 is 23.5 Å². The van der Waals surface area contributed by atoms with Crippen molar-refractivity contribution in [1.82, 2.24) is 5.43 Å². The summed E-state index contributed by atoms with van der Waals surface area (Å²) in [5.41, 5.74) is 4.89. The number of amides is 1. The normalized spacial score (nSPS) is 18.1. The highest BCUT2D eigenvalue weighted by atomic mass is 32.1. The quantitative estimate of drug-likeness (QED) is 0.675. The van der Waals surface area contributed by atoms with Crippen LogP contribution in [0.25, 0.3) is 0 Å². The molecule has 5 heteroatoms. The summed E-state index contributed by atoms with van der Waals surface area (Å²) in [4.78, 5) is 13.7. The summed E-state index contributed by atoms with van der Waals surface area (Å²) < 4.78 is 5.14. The zero-order valence-corrected chi connectivity index (χ0v) is 14.6. The van der Waals surface area contributed by atoms with Gasteiger partial charge in [0.1, 0.15) is 5.76 Å². The van der Waals surface area contributed by atoms with Crippen LogP contribution in [0.1, 0.15) is 53.8 Å². The number of nitrogens with one attached hydrogen (secondary N) is 1. The first-order chi connectivity index (χ1) is 10.9. The van der Waals surface area contributed by atoms with Crippen LogP contribution >= 0.6 is 11.3 Å². The fourth-order valence-electron chi connectivity index (χ4n) is 3.02. The molecule has 2 aromatic rings. The topological polar surface area (TPSA) is 54.6 Å². The number of hydrazone groups is 1. The van der Waals surface area contributed by atoms with Gasteiger partial charge in [0.15, 0.2) is 0 Å². The van der Waals surface area contributed by atoms with E-state index in [1.54, 1.807) is 29.7 Å². The molecule has 23 heavy (non-hydrogen) atoms. The van der Waals surface area contributed by atoms with Gasteiger partial charge in [0.05, 0.1) is 18.0 Å². The lowest BCUT2D eigenvalue weighted by Gasteiger charge is -2.33. The third kappa shape index (κ3) is 3.55. The molecule has 122 valence electrons. The zero-order chi connectivity index (χ0) is 16.4. The molecular weight excluding hydrogens is 308 g/mol. The standard InChI is InChI=1S/C18H22N2O2S/c1-18(2,3)12-6-7-14-15(11-23-16(14)9-12)17(21)20-19-10-13-5-4-8-22-13/h4-5,8,10-12H,6-7,9H2,1-3H3,(H,20,21)/b19-10-/t12-/m1/s1. The molecule has 1 N–H and O–H groups in total. The number of thiophene rings is 1. The first kappa shape index (κ1) is 16.0. The number of hydrogen-bond donors (Lipinski definition) is 1. The molecule has 0 bridgehead atoms. The number of fused-ring (bicyclic) bond motifs is 1. The molecule has 0 saturated carbocycles. The van der Waals surface area contributed by atoms with Gasteiger partial charge in [-0.25, -0.2) is 5.43 Å². The summed E-state index contributed by atoms with van der Waals surface area (Å²) in [5.74, 6) is 1.16. The van der Waals surface area contributed by atoms with Gasteiger partial charge in [-0.05, 0) is 48.3 Å². The van der Waals surface area contributed by atoms with Gasteiger partial charge in [-0.2, -0.15) is 5.10 Å². The molecule has 4 nitrogen and oxygen atoms in total. The van der Waals surface area contributed by atoms with Crippen LogP contribution in [-0.2, 0) is 12.8 Å². The maximum atomic E-state index is 12.3. The molecule has 0 spiro atoms. The van der Waals surface area contributed by atoms with Crippen LogP contribution in [-0.4, -0.2) is 12.1 Å². The molecule has 0 aromatic carbocycles. The lowest BCUT2D eigenvalue weighted by molar-refractivity contribution is 0.0954. The fraction of sp³-hybridized carbons (Fsp3) is 0.444. The van der Waals surface area contributed by atoms with E-state index < -0.39 is 0 Å². The average molecular weight is 330 g/mol. The summed E-state index contributed by atoms with van der Waals surface area (Å²) >= 11 is 1.70. The van der Waals surface area contributed by atoms with Crippen molar-refractivity contribution < 1.29 is 9.21 Å². The molecule has 1 aliphatic carbocycles. The molecular formula is C18H22N2O2S. The van der Waals surface area contributed by atoms with E-state index in [-0.39, 0.29) is 5.91 Å². The first-order valence-electron chi connectivity index (χ1n) is 7.91. The van der Waals surface area contributed by atoms with E-state index in [0.717, 1.165) is 24.8 Å². The Kier molecular flexibility index (Phi) is 4.39. The van der Waals surface area contributed by atoms with Gasteiger partial charge >= 0.3 is 0 Å². The van der Waals surface area contributed by atoms with Crippen LogP contribution in [0, 0.1) is 11.3 Å². The lowest BCUT2D eigenvalue weighted by Crippen LogP contribution is -2.27. The van der Waals surface area contributed by atoms with E-state index in [1.807, 2.05) is 5.38 Å². The Labute approximate surface area is 140 Å². The second-order valence-corrected chi connectivity index (χ2v) is 8.04. The Hall–Kier alpha value is -1.88. The van der Waals surface area contributed by atoms with E-state index in [9.17, 15) is 4.79 Å². The fourth-order valence-corrected chi connectivity index (χ4v) is 4.18. The average Bonchev–Trinajstić information content (AvgIpc) is 3.14. The van der Waals surface area contributed by atoms with Crippen LogP contribution in [0.15, 0.2) is 33.3 Å². The predicted octanol–water partition coefficient (Wildman–Crippen LogP) is 4.26. The van der Waals surface area contributed by atoms with Crippen molar-refractivity contribution in [1.29, 1.82) is 0 Å². The Morgan fingerprint density at radius 3 is 3.00 bits per heavy atom. The van der Waals surface area contributed by atoms with E-state index in [4.69, 9.17) is 4.42 Å². The Morgan fingerprint density at radius 2 is 2.30 bits per heavy atom. The highest BCUT2D eigenvalue weighted by Crippen LogP contribution is 2.40. The minimum absolute atomic E-state index is 0.139. The molecule has 0 saturated heterocycles. The predicted molar refractivity (Wildman–Crippen MR) is 93.1 cm³/mol. The summed E-state index contributed by atoms with van der Waals surface area (Å²) in [6.07, 6.45) is 6.28. The van der Waals surface area contributed by atoms with Crippen molar-refractivity contribution in [2.45, 2.75) is 40.0 Å². The second kappa shape index (κ2) is 6.32. The molecule has 3 rings (SSSR count). The number of furan rings is 1. The Morgan fingerprint density at radius 1 is 1.48 bits per heavy atom. The van der Waals surface area contributed by atoms with Gasteiger partial charge in [-0.15, -0.1) is 11.3 Å². The molecule has 2 heterocycles. The monoisotopic (exact) mass is 330 g/mol. The lowest BCUT2D eigenvalue weighted by atomic mass is 9.72. The largest absolute Gasteiger partial charge is 0.463 e. The molecule has 1 amide bonds. The van der Waals surface area contributed by atoms with Crippen LogP contribution < -0.4 is 5.43 Å². The van der Waals surface area contributed by atoms with Crippen molar-refractivity contribution in [2.24, 2.45) is 16.4 Å². The number of hydrogen-bond acceptors (Lipinski definition) is 4.